The lowest BCUT2D eigenvalue weighted by Crippen LogP contribution is -2.42. The van der Waals surface area contributed by atoms with E-state index in [2.05, 4.69) is 5.10 Å². The van der Waals surface area contributed by atoms with Gasteiger partial charge in [-0.15, -0.1) is 0 Å². The first-order chi connectivity index (χ1) is 11.2. The van der Waals surface area contributed by atoms with E-state index in [0.29, 0.717) is 25.3 Å². The zero-order valence-corrected chi connectivity index (χ0v) is 12.9. The third-order valence-corrected chi connectivity index (χ3v) is 4.78. The van der Waals surface area contributed by atoms with Gasteiger partial charge in [0.1, 0.15) is 5.82 Å². The second-order valence-corrected chi connectivity index (χ2v) is 6.19. The van der Waals surface area contributed by atoms with Crippen molar-refractivity contribution in [3.8, 4) is 0 Å². The molecule has 2 aromatic rings. The van der Waals surface area contributed by atoms with Gasteiger partial charge in [-0.05, 0) is 24.6 Å². The average Bonchev–Trinajstić information content (AvgIpc) is 3.23. The Kier molecular flexibility index (Phi) is 3.52. The number of carbonyl (C=O) groups is 1. The quantitative estimate of drug-likeness (QED) is 0.850. The predicted octanol–water partition coefficient (Wildman–Crippen LogP) is 1.89. The summed E-state index contributed by atoms with van der Waals surface area (Å²) < 4.78 is 15.9. The summed E-state index contributed by atoms with van der Waals surface area (Å²) in [4.78, 5) is 16.7. The molecule has 5 nitrogen and oxygen atoms in total. The fourth-order valence-corrected chi connectivity index (χ4v) is 3.52. The number of amides is 1. The topological polar surface area (TPSA) is 41.4 Å². The molecule has 0 saturated carbocycles. The summed E-state index contributed by atoms with van der Waals surface area (Å²) in [6, 6.07) is 8.73. The number of hydrogen-bond acceptors (Lipinski definition) is 3. The monoisotopic (exact) mass is 314 g/mol. The van der Waals surface area contributed by atoms with E-state index in [0.717, 1.165) is 25.2 Å². The van der Waals surface area contributed by atoms with Crippen LogP contribution in [0.3, 0.4) is 0 Å². The van der Waals surface area contributed by atoms with Gasteiger partial charge in [-0.3, -0.25) is 9.48 Å². The van der Waals surface area contributed by atoms with E-state index in [1.54, 1.807) is 18.3 Å². The Bertz CT molecular complexity index is 729. The number of halogens is 1. The van der Waals surface area contributed by atoms with Gasteiger partial charge in [0, 0.05) is 25.8 Å². The molecule has 2 aliphatic heterocycles. The van der Waals surface area contributed by atoms with Gasteiger partial charge in [0.2, 0.25) is 5.91 Å². The van der Waals surface area contributed by atoms with Crippen molar-refractivity contribution in [2.75, 3.05) is 24.5 Å². The SMILES string of the molecule is O=C(C1CCN(c2ccccc2F)C1)N1CCn2nccc2C1. The third-order valence-electron chi connectivity index (χ3n) is 4.78. The molecular formula is C17H19FN4O. The minimum atomic E-state index is -0.220. The molecule has 6 heteroatoms. The molecule has 0 spiro atoms. The summed E-state index contributed by atoms with van der Waals surface area (Å²) >= 11 is 0. The van der Waals surface area contributed by atoms with Crippen LogP contribution in [0.5, 0.6) is 0 Å². The molecule has 1 fully saturated rings. The van der Waals surface area contributed by atoms with Crippen LogP contribution in [0.2, 0.25) is 0 Å². The Morgan fingerprint density at radius 2 is 2.04 bits per heavy atom. The molecule has 2 aliphatic rings. The number of anilines is 1. The molecule has 0 bridgehead atoms. The van der Waals surface area contributed by atoms with Gasteiger partial charge in [0.15, 0.2) is 0 Å². The second kappa shape index (κ2) is 5.68. The Morgan fingerprint density at radius 1 is 1.17 bits per heavy atom. The van der Waals surface area contributed by atoms with Crippen molar-refractivity contribution < 1.29 is 9.18 Å². The highest BCUT2D eigenvalue weighted by Gasteiger charge is 2.33. The van der Waals surface area contributed by atoms with Gasteiger partial charge in [-0.25, -0.2) is 4.39 Å². The van der Waals surface area contributed by atoms with Gasteiger partial charge < -0.3 is 9.80 Å². The minimum Gasteiger partial charge on any atom is -0.368 e. The average molecular weight is 314 g/mol. The van der Waals surface area contributed by atoms with Crippen LogP contribution in [0.4, 0.5) is 10.1 Å². The van der Waals surface area contributed by atoms with Gasteiger partial charge in [-0.1, -0.05) is 12.1 Å². The fraction of sp³-hybridized carbons (Fsp3) is 0.412. The smallest absolute Gasteiger partial charge is 0.227 e. The maximum atomic E-state index is 13.9. The number of carbonyl (C=O) groups excluding carboxylic acids is 1. The maximum Gasteiger partial charge on any atom is 0.227 e. The number of hydrogen-bond donors (Lipinski definition) is 0. The summed E-state index contributed by atoms with van der Waals surface area (Å²) in [7, 11) is 0. The highest BCUT2D eigenvalue weighted by atomic mass is 19.1. The lowest BCUT2D eigenvalue weighted by atomic mass is 10.1. The lowest BCUT2D eigenvalue weighted by Gasteiger charge is -2.30. The second-order valence-electron chi connectivity index (χ2n) is 6.19. The molecule has 1 amide bonds. The number of benzene rings is 1. The number of fused-ring (bicyclic) bond motifs is 1. The van der Waals surface area contributed by atoms with Crippen molar-refractivity contribution in [2.45, 2.75) is 19.5 Å². The first-order valence-corrected chi connectivity index (χ1v) is 8.01. The van der Waals surface area contributed by atoms with E-state index in [4.69, 9.17) is 0 Å². The van der Waals surface area contributed by atoms with Gasteiger partial charge >= 0.3 is 0 Å². The molecular weight excluding hydrogens is 295 g/mol. The van der Waals surface area contributed by atoms with E-state index in [1.807, 2.05) is 26.6 Å². The molecule has 1 unspecified atom stereocenters. The molecule has 0 aliphatic carbocycles. The van der Waals surface area contributed by atoms with Gasteiger partial charge in [0.05, 0.1) is 30.4 Å². The van der Waals surface area contributed by atoms with Crippen LogP contribution in [0.25, 0.3) is 0 Å². The van der Waals surface area contributed by atoms with Crippen LogP contribution < -0.4 is 4.90 Å². The number of aromatic nitrogens is 2. The van der Waals surface area contributed by atoms with Gasteiger partial charge in [0.25, 0.3) is 0 Å². The Balaban J connectivity index is 1.44. The van der Waals surface area contributed by atoms with Crippen molar-refractivity contribution in [1.29, 1.82) is 0 Å². The van der Waals surface area contributed by atoms with E-state index >= 15 is 0 Å². The predicted molar refractivity (Wildman–Crippen MR) is 84.4 cm³/mol. The van der Waals surface area contributed by atoms with Crippen LogP contribution in [0.15, 0.2) is 36.5 Å². The highest BCUT2D eigenvalue weighted by Crippen LogP contribution is 2.28. The van der Waals surface area contributed by atoms with Crippen molar-refractivity contribution in [1.82, 2.24) is 14.7 Å². The first kappa shape index (κ1) is 14.2. The summed E-state index contributed by atoms with van der Waals surface area (Å²) in [5.41, 5.74) is 1.67. The molecule has 1 atom stereocenters. The number of nitrogens with zero attached hydrogens (tertiary/aromatic N) is 4. The molecule has 4 rings (SSSR count). The van der Waals surface area contributed by atoms with Crippen LogP contribution >= 0.6 is 0 Å². The van der Waals surface area contributed by atoms with Crippen molar-refractivity contribution in [2.24, 2.45) is 5.92 Å². The highest BCUT2D eigenvalue weighted by molar-refractivity contribution is 5.80. The van der Waals surface area contributed by atoms with E-state index in [9.17, 15) is 9.18 Å². The minimum absolute atomic E-state index is 0.0518. The molecule has 3 heterocycles. The molecule has 1 aromatic carbocycles. The molecule has 1 saturated heterocycles. The van der Waals surface area contributed by atoms with Crippen molar-refractivity contribution in [3.63, 3.8) is 0 Å². The Morgan fingerprint density at radius 3 is 2.91 bits per heavy atom. The van der Waals surface area contributed by atoms with E-state index < -0.39 is 0 Å². The number of para-hydroxylation sites is 1. The van der Waals surface area contributed by atoms with Gasteiger partial charge in [-0.2, -0.15) is 5.10 Å². The van der Waals surface area contributed by atoms with Crippen LogP contribution in [-0.4, -0.2) is 40.2 Å². The van der Waals surface area contributed by atoms with Crippen LogP contribution in [0.1, 0.15) is 12.1 Å². The first-order valence-electron chi connectivity index (χ1n) is 8.01. The Hall–Kier alpha value is -2.37. The van der Waals surface area contributed by atoms with E-state index in [-0.39, 0.29) is 17.6 Å². The molecule has 23 heavy (non-hydrogen) atoms. The zero-order valence-electron chi connectivity index (χ0n) is 12.9. The van der Waals surface area contributed by atoms with Crippen molar-refractivity contribution >= 4 is 11.6 Å². The fourth-order valence-electron chi connectivity index (χ4n) is 3.52. The molecule has 0 N–H and O–H groups in total. The largest absolute Gasteiger partial charge is 0.368 e. The normalized spacial score (nSPS) is 20.7. The standard InChI is InChI=1S/C17H19FN4O/c18-15-3-1-2-4-16(15)20-8-6-13(11-20)17(23)21-9-10-22-14(12-21)5-7-19-22/h1-5,7,13H,6,8-12H2. The lowest BCUT2D eigenvalue weighted by molar-refractivity contribution is -0.136. The van der Waals surface area contributed by atoms with Crippen LogP contribution in [-0.2, 0) is 17.9 Å². The molecule has 0 radical (unpaired) electrons. The molecule has 1 aromatic heterocycles. The summed E-state index contributed by atoms with van der Waals surface area (Å²) in [5.74, 6) is -0.0946. The third kappa shape index (κ3) is 2.58. The summed E-state index contributed by atoms with van der Waals surface area (Å²) in [6.45, 7) is 3.38. The Labute approximate surface area is 134 Å². The maximum absolute atomic E-state index is 13.9. The molecule has 120 valence electrons. The van der Waals surface area contributed by atoms with E-state index in [1.165, 1.54) is 6.07 Å². The summed E-state index contributed by atoms with van der Waals surface area (Å²) in [6.07, 6.45) is 2.56. The summed E-state index contributed by atoms with van der Waals surface area (Å²) in [5, 5.41) is 4.24. The number of rotatable bonds is 2. The van der Waals surface area contributed by atoms with Crippen LogP contribution in [0, 0.1) is 11.7 Å². The van der Waals surface area contributed by atoms with Crippen molar-refractivity contribution in [3.05, 3.63) is 48.0 Å². The zero-order chi connectivity index (χ0) is 15.8.